The highest BCUT2D eigenvalue weighted by molar-refractivity contribution is 5.76. The van der Waals surface area contributed by atoms with Crippen molar-refractivity contribution >= 4 is 5.91 Å². The van der Waals surface area contributed by atoms with E-state index < -0.39 is 0 Å². The third-order valence-corrected chi connectivity index (χ3v) is 5.06. The van der Waals surface area contributed by atoms with Gasteiger partial charge in [-0.05, 0) is 30.7 Å². The first-order valence-corrected chi connectivity index (χ1v) is 8.39. The van der Waals surface area contributed by atoms with Crippen LogP contribution in [0.5, 0.6) is 0 Å². The first kappa shape index (κ1) is 16.7. The van der Waals surface area contributed by atoms with Crippen LogP contribution in [0.4, 0.5) is 0 Å². The number of furan rings is 1. The van der Waals surface area contributed by atoms with Gasteiger partial charge in [-0.2, -0.15) is 4.98 Å². The number of piperidine rings is 1. The summed E-state index contributed by atoms with van der Waals surface area (Å²) in [6.45, 7) is 3.71. The van der Waals surface area contributed by atoms with Gasteiger partial charge in [-0.15, -0.1) is 0 Å². The number of aliphatic hydroxyl groups excluding tert-OH is 1. The van der Waals surface area contributed by atoms with Gasteiger partial charge in [-0.25, -0.2) is 0 Å². The van der Waals surface area contributed by atoms with E-state index in [4.69, 9.17) is 8.94 Å². The van der Waals surface area contributed by atoms with E-state index in [2.05, 4.69) is 17.1 Å². The Balaban J connectivity index is 1.50. The Hall–Kier alpha value is -2.15. The third kappa shape index (κ3) is 3.51. The quantitative estimate of drug-likeness (QED) is 0.872. The molecule has 1 saturated heterocycles. The summed E-state index contributed by atoms with van der Waals surface area (Å²) in [6.07, 6.45) is 6.55. The molecule has 0 atom stereocenters. The van der Waals surface area contributed by atoms with E-state index in [0.717, 1.165) is 24.8 Å². The molecular weight excluding hydrogens is 310 g/mol. The van der Waals surface area contributed by atoms with E-state index in [-0.39, 0.29) is 17.9 Å². The van der Waals surface area contributed by atoms with Crippen LogP contribution in [0.15, 0.2) is 27.5 Å². The number of carbonyl (C=O) groups excluding carboxylic acids is 1. The van der Waals surface area contributed by atoms with Gasteiger partial charge >= 0.3 is 0 Å². The Morgan fingerprint density at radius 1 is 1.42 bits per heavy atom. The molecule has 2 aromatic rings. The molecule has 0 bridgehead atoms. The fraction of sp³-hybridized carbons (Fsp3) is 0.588. The number of hydrogen-bond donors (Lipinski definition) is 1. The van der Waals surface area contributed by atoms with Gasteiger partial charge in [0.1, 0.15) is 6.26 Å². The van der Waals surface area contributed by atoms with Crippen molar-refractivity contribution in [3.63, 3.8) is 0 Å². The average Bonchev–Trinajstić information content (AvgIpc) is 3.31. The maximum absolute atomic E-state index is 12.4. The molecule has 1 amide bonds. The molecule has 0 radical (unpaired) electrons. The zero-order valence-corrected chi connectivity index (χ0v) is 13.9. The van der Waals surface area contributed by atoms with Crippen LogP contribution in [0.25, 0.3) is 11.4 Å². The minimum atomic E-state index is -0.0111. The van der Waals surface area contributed by atoms with Crippen molar-refractivity contribution in [3.05, 3.63) is 24.5 Å². The molecule has 3 rings (SSSR count). The van der Waals surface area contributed by atoms with Gasteiger partial charge in [-0.1, -0.05) is 12.1 Å². The molecule has 0 unspecified atom stereocenters. The number of carbonyl (C=O) groups is 1. The number of likely N-dealkylation sites (tertiary alicyclic amines) is 1. The summed E-state index contributed by atoms with van der Waals surface area (Å²) in [5.74, 6) is 1.02. The highest BCUT2D eigenvalue weighted by Crippen LogP contribution is 2.34. The van der Waals surface area contributed by atoms with E-state index in [1.807, 2.05) is 4.90 Å². The summed E-state index contributed by atoms with van der Waals surface area (Å²) in [5.41, 5.74) is 0.746. The number of nitrogens with zero attached hydrogens (tertiary/aromatic N) is 3. The first-order valence-electron chi connectivity index (χ1n) is 8.39. The van der Waals surface area contributed by atoms with Crippen LogP contribution >= 0.6 is 0 Å². The molecule has 1 aliphatic heterocycles. The zero-order valence-electron chi connectivity index (χ0n) is 13.9. The maximum Gasteiger partial charge on any atom is 0.227 e. The lowest BCUT2D eigenvalue weighted by Gasteiger charge is -2.40. The molecule has 2 aromatic heterocycles. The zero-order chi connectivity index (χ0) is 17.0. The van der Waals surface area contributed by atoms with Crippen LogP contribution in [0.3, 0.4) is 0 Å². The van der Waals surface area contributed by atoms with E-state index in [9.17, 15) is 9.90 Å². The van der Waals surface area contributed by atoms with Crippen LogP contribution in [0.2, 0.25) is 0 Å². The molecule has 0 aliphatic carbocycles. The van der Waals surface area contributed by atoms with Gasteiger partial charge in [0.2, 0.25) is 17.6 Å². The molecule has 7 nitrogen and oxygen atoms in total. The average molecular weight is 333 g/mol. The number of aryl methyl sites for hydroxylation is 1. The summed E-state index contributed by atoms with van der Waals surface area (Å²) >= 11 is 0. The van der Waals surface area contributed by atoms with Crippen molar-refractivity contribution in [1.29, 1.82) is 0 Å². The molecule has 0 saturated carbocycles. The van der Waals surface area contributed by atoms with Crippen LogP contribution in [-0.2, 0) is 11.2 Å². The smallest absolute Gasteiger partial charge is 0.227 e. The first-order chi connectivity index (χ1) is 11.7. The Bertz CT molecular complexity index is 651. The fourth-order valence-electron chi connectivity index (χ4n) is 3.09. The number of aliphatic hydroxyl groups is 1. The minimum Gasteiger partial charge on any atom is -0.472 e. The largest absolute Gasteiger partial charge is 0.472 e. The number of rotatable bonds is 6. The van der Waals surface area contributed by atoms with Crippen molar-refractivity contribution in [2.24, 2.45) is 5.41 Å². The Morgan fingerprint density at radius 2 is 2.21 bits per heavy atom. The predicted octanol–water partition coefficient (Wildman–Crippen LogP) is 2.27. The summed E-state index contributed by atoms with van der Waals surface area (Å²) < 4.78 is 10.2. The molecule has 130 valence electrons. The van der Waals surface area contributed by atoms with Crippen molar-refractivity contribution < 1.29 is 18.8 Å². The molecule has 1 N–H and O–H groups in total. The standard InChI is InChI=1S/C17H23N3O4/c1-2-17(12-21)6-8-20(9-7-17)15(22)4-3-14-18-16(19-24-14)13-5-10-23-11-13/h5,10-11,21H,2-4,6-9,12H2,1H3. The number of aromatic nitrogens is 2. The van der Waals surface area contributed by atoms with Crippen molar-refractivity contribution in [3.8, 4) is 11.4 Å². The lowest BCUT2D eigenvalue weighted by atomic mass is 9.77. The molecule has 1 aliphatic rings. The second kappa shape index (κ2) is 7.17. The van der Waals surface area contributed by atoms with Gasteiger partial charge in [0.05, 0.1) is 11.8 Å². The lowest BCUT2D eigenvalue weighted by Crippen LogP contribution is -2.44. The van der Waals surface area contributed by atoms with Gasteiger partial charge in [0.25, 0.3) is 0 Å². The SMILES string of the molecule is CCC1(CO)CCN(C(=O)CCc2nc(-c3ccoc3)no2)CC1. The fourth-order valence-corrected chi connectivity index (χ4v) is 3.09. The summed E-state index contributed by atoms with van der Waals surface area (Å²) in [7, 11) is 0. The number of hydrogen-bond acceptors (Lipinski definition) is 6. The Labute approximate surface area is 140 Å². The van der Waals surface area contributed by atoms with Crippen LogP contribution in [-0.4, -0.2) is 45.8 Å². The van der Waals surface area contributed by atoms with Crippen molar-refractivity contribution in [1.82, 2.24) is 15.0 Å². The van der Waals surface area contributed by atoms with Crippen LogP contribution < -0.4 is 0 Å². The van der Waals surface area contributed by atoms with E-state index in [1.54, 1.807) is 18.6 Å². The Kier molecular flexibility index (Phi) is 4.99. The van der Waals surface area contributed by atoms with E-state index in [0.29, 0.717) is 37.6 Å². The van der Waals surface area contributed by atoms with Gasteiger partial charge in [-0.3, -0.25) is 4.79 Å². The summed E-state index contributed by atoms with van der Waals surface area (Å²) in [5, 5.41) is 13.5. The highest BCUT2D eigenvalue weighted by atomic mass is 16.5. The molecule has 0 aromatic carbocycles. The van der Waals surface area contributed by atoms with Crippen molar-refractivity contribution in [2.75, 3.05) is 19.7 Å². The molecular formula is C17H23N3O4. The Morgan fingerprint density at radius 3 is 2.83 bits per heavy atom. The van der Waals surface area contributed by atoms with Gasteiger partial charge in [0.15, 0.2) is 0 Å². The van der Waals surface area contributed by atoms with Gasteiger partial charge in [0, 0.05) is 32.5 Å². The van der Waals surface area contributed by atoms with Crippen LogP contribution in [0, 0.1) is 5.41 Å². The molecule has 7 heteroatoms. The second-order valence-corrected chi connectivity index (χ2v) is 6.42. The topological polar surface area (TPSA) is 92.6 Å². The van der Waals surface area contributed by atoms with E-state index >= 15 is 0 Å². The summed E-state index contributed by atoms with van der Waals surface area (Å²) in [6, 6.07) is 1.76. The second-order valence-electron chi connectivity index (χ2n) is 6.42. The van der Waals surface area contributed by atoms with E-state index in [1.165, 1.54) is 0 Å². The normalized spacial score (nSPS) is 17.2. The maximum atomic E-state index is 12.4. The predicted molar refractivity (Wildman–Crippen MR) is 85.9 cm³/mol. The van der Waals surface area contributed by atoms with Crippen LogP contribution in [0.1, 0.15) is 38.5 Å². The monoisotopic (exact) mass is 333 g/mol. The molecule has 0 spiro atoms. The molecule has 3 heterocycles. The summed E-state index contributed by atoms with van der Waals surface area (Å²) in [4.78, 5) is 18.5. The number of amides is 1. The third-order valence-electron chi connectivity index (χ3n) is 5.06. The highest BCUT2D eigenvalue weighted by Gasteiger charge is 2.33. The molecule has 24 heavy (non-hydrogen) atoms. The molecule has 1 fully saturated rings. The van der Waals surface area contributed by atoms with Gasteiger partial charge < -0.3 is 18.9 Å². The lowest BCUT2D eigenvalue weighted by molar-refractivity contribution is -0.134. The van der Waals surface area contributed by atoms with Crippen molar-refractivity contribution in [2.45, 2.75) is 39.0 Å². The minimum absolute atomic E-state index is 0.0111.